The van der Waals surface area contributed by atoms with E-state index in [1.165, 1.54) is 16.0 Å². The van der Waals surface area contributed by atoms with Crippen molar-refractivity contribution in [3.8, 4) is 27.7 Å². The first-order valence-corrected chi connectivity index (χ1v) is 12.9. The maximum absolute atomic E-state index is 5.51. The van der Waals surface area contributed by atoms with Crippen LogP contribution in [0.3, 0.4) is 0 Å². The molecule has 8 heteroatoms. The molecular formula is C28H32N4O3S. The molecule has 1 aliphatic rings. The van der Waals surface area contributed by atoms with E-state index in [4.69, 9.17) is 14.2 Å². The average Bonchev–Trinajstić information content (AvgIpc) is 3.35. The molecule has 0 amide bonds. The van der Waals surface area contributed by atoms with Crippen molar-refractivity contribution in [2.45, 2.75) is 6.54 Å². The number of nitrogens with zero attached hydrogens (tertiary/aromatic N) is 3. The van der Waals surface area contributed by atoms with Crippen molar-refractivity contribution >= 4 is 32.9 Å². The summed E-state index contributed by atoms with van der Waals surface area (Å²) in [5.41, 5.74) is 5.36. The number of hydrogen-bond acceptors (Lipinski definition) is 8. The summed E-state index contributed by atoms with van der Waals surface area (Å²) in [5.74, 6) is 1.78. The highest BCUT2D eigenvalue weighted by atomic mass is 32.1. The van der Waals surface area contributed by atoms with Crippen LogP contribution in [0.1, 0.15) is 5.56 Å². The Bertz CT molecular complexity index is 1310. The number of piperazine rings is 1. The number of pyridine rings is 1. The molecule has 0 spiro atoms. The summed E-state index contributed by atoms with van der Waals surface area (Å²) in [4.78, 5) is 10.7. The van der Waals surface area contributed by atoms with Crippen LogP contribution in [0.15, 0.2) is 54.7 Å². The Hall–Kier alpha value is -3.33. The summed E-state index contributed by atoms with van der Waals surface area (Å²) in [7, 11) is 7.03. The van der Waals surface area contributed by atoms with E-state index in [0.717, 1.165) is 54.3 Å². The normalized spacial score (nSPS) is 14.7. The Balaban J connectivity index is 1.38. The molecule has 188 valence electrons. The van der Waals surface area contributed by atoms with Gasteiger partial charge in [0.1, 0.15) is 0 Å². The van der Waals surface area contributed by atoms with Crippen molar-refractivity contribution in [2.75, 3.05) is 59.9 Å². The quantitative estimate of drug-likeness (QED) is 0.341. The second-order valence-corrected chi connectivity index (χ2v) is 10.1. The Morgan fingerprint density at radius 3 is 2.22 bits per heavy atom. The van der Waals surface area contributed by atoms with Crippen LogP contribution < -0.4 is 19.5 Å². The van der Waals surface area contributed by atoms with Gasteiger partial charge in [0, 0.05) is 61.6 Å². The van der Waals surface area contributed by atoms with Crippen LogP contribution in [0.2, 0.25) is 0 Å². The SMILES string of the molecule is COc1cc(Nc2ccnc3cc(-c4ccc(CN5CCN(C)CC5)cc4)sc23)cc(OC)c1OC. The molecule has 1 N–H and O–H groups in total. The van der Waals surface area contributed by atoms with Crippen LogP contribution in [0, 0.1) is 0 Å². The second-order valence-electron chi connectivity index (χ2n) is 9.00. The molecule has 2 aromatic carbocycles. The van der Waals surface area contributed by atoms with Crippen LogP contribution in [-0.2, 0) is 6.54 Å². The van der Waals surface area contributed by atoms with E-state index in [0.29, 0.717) is 17.2 Å². The molecule has 0 radical (unpaired) electrons. The third-order valence-corrected chi connectivity index (χ3v) is 7.80. The third-order valence-electron chi connectivity index (χ3n) is 6.60. The minimum absolute atomic E-state index is 0.569. The lowest BCUT2D eigenvalue weighted by atomic mass is 10.1. The Morgan fingerprint density at radius 1 is 0.889 bits per heavy atom. The molecule has 7 nitrogen and oxygen atoms in total. The fourth-order valence-corrected chi connectivity index (χ4v) is 5.62. The largest absolute Gasteiger partial charge is 0.493 e. The predicted octanol–water partition coefficient (Wildman–Crippen LogP) is 5.48. The molecule has 1 saturated heterocycles. The maximum Gasteiger partial charge on any atom is 0.203 e. The van der Waals surface area contributed by atoms with Gasteiger partial charge in [-0.05, 0) is 30.3 Å². The Morgan fingerprint density at radius 2 is 1.58 bits per heavy atom. The molecule has 0 bridgehead atoms. The van der Waals surface area contributed by atoms with Crippen LogP contribution >= 0.6 is 11.3 Å². The minimum Gasteiger partial charge on any atom is -0.493 e. The lowest BCUT2D eigenvalue weighted by Gasteiger charge is -2.32. The summed E-state index contributed by atoms with van der Waals surface area (Å²) < 4.78 is 17.6. The summed E-state index contributed by atoms with van der Waals surface area (Å²) in [5, 5.41) is 3.52. The number of benzene rings is 2. The smallest absolute Gasteiger partial charge is 0.203 e. The van der Waals surface area contributed by atoms with Crippen molar-refractivity contribution in [1.29, 1.82) is 0 Å². The topological polar surface area (TPSA) is 59.1 Å². The molecule has 4 aromatic rings. The highest BCUT2D eigenvalue weighted by Crippen LogP contribution is 2.42. The predicted molar refractivity (Wildman–Crippen MR) is 147 cm³/mol. The van der Waals surface area contributed by atoms with E-state index >= 15 is 0 Å². The number of nitrogens with one attached hydrogen (secondary N) is 1. The molecule has 1 aliphatic heterocycles. The Kier molecular flexibility index (Phi) is 7.27. The van der Waals surface area contributed by atoms with E-state index < -0.39 is 0 Å². The van der Waals surface area contributed by atoms with Crippen molar-refractivity contribution in [3.05, 3.63) is 60.3 Å². The molecule has 1 fully saturated rings. The molecular weight excluding hydrogens is 472 g/mol. The number of ether oxygens (including phenoxy) is 3. The lowest BCUT2D eigenvalue weighted by molar-refractivity contribution is 0.148. The summed E-state index contributed by atoms with van der Waals surface area (Å²) >= 11 is 1.74. The molecule has 0 unspecified atom stereocenters. The Labute approximate surface area is 216 Å². The highest BCUT2D eigenvalue weighted by Gasteiger charge is 2.16. The summed E-state index contributed by atoms with van der Waals surface area (Å²) in [6.45, 7) is 5.54. The van der Waals surface area contributed by atoms with E-state index in [9.17, 15) is 0 Å². The first-order valence-electron chi connectivity index (χ1n) is 12.0. The summed E-state index contributed by atoms with van der Waals surface area (Å²) in [6.07, 6.45) is 1.83. The third kappa shape index (κ3) is 5.11. The van der Waals surface area contributed by atoms with E-state index in [2.05, 4.69) is 57.5 Å². The van der Waals surface area contributed by atoms with Crippen molar-refractivity contribution in [3.63, 3.8) is 0 Å². The standard InChI is InChI=1S/C28H32N4O3S/c1-31-11-13-32(14-12-31)18-19-5-7-20(8-6-19)26-17-23-28(36-26)22(9-10-29-23)30-21-15-24(33-2)27(35-4)25(16-21)34-3/h5-10,15-17H,11-14,18H2,1-4H3,(H,29,30). The zero-order chi connectivity index (χ0) is 25.1. The number of hydrogen-bond donors (Lipinski definition) is 1. The number of aromatic nitrogens is 1. The van der Waals surface area contributed by atoms with Crippen LogP contribution in [-0.4, -0.2) is 69.3 Å². The highest BCUT2D eigenvalue weighted by molar-refractivity contribution is 7.22. The number of thiophene rings is 1. The lowest BCUT2D eigenvalue weighted by Crippen LogP contribution is -2.43. The zero-order valence-electron chi connectivity index (χ0n) is 21.2. The monoisotopic (exact) mass is 504 g/mol. The first kappa shape index (κ1) is 24.4. The van der Waals surface area contributed by atoms with E-state index in [1.807, 2.05) is 24.4 Å². The number of fused-ring (bicyclic) bond motifs is 1. The molecule has 5 rings (SSSR count). The van der Waals surface area contributed by atoms with E-state index in [1.54, 1.807) is 32.7 Å². The summed E-state index contributed by atoms with van der Waals surface area (Å²) in [6, 6.07) is 16.9. The van der Waals surface area contributed by atoms with Gasteiger partial charge in [0.15, 0.2) is 11.5 Å². The fraction of sp³-hybridized carbons (Fsp3) is 0.321. The first-order chi connectivity index (χ1) is 17.6. The molecule has 2 aromatic heterocycles. The zero-order valence-corrected chi connectivity index (χ0v) is 22.0. The van der Waals surface area contributed by atoms with Crippen molar-refractivity contribution < 1.29 is 14.2 Å². The van der Waals surface area contributed by atoms with Gasteiger partial charge in [-0.1, -0.05) is 24.3 Å². The molecule has 3 heterocycles. The number of likely N-dealkylation sites (N-methyl/N-ethyl adjacent to an activating group) is 1. The van der Waals surface area contributed by atoms with Gasteiger partial charge in [-0.2, -0.15) is 0 Å². The van der Waals surface area contributed by atoms with Crippen molar-refractivity contribution in [1.82, 2.24) is 14.8 Å². The average molecular weight is 505 g/mol. The minimum atomic E-state index is 0.569. The molecule has 0 atom stereocenters. The second kappa shape index (κ2) is 10.7. The van der Waals surface area contributed by atoms with Gasteiger partial charge in [0.2, 0.25) is 5.75 Å². The molecule has 0 saturated carbocycles. The van der Waals surface area contributed by atoms with E-state index in [-0.39, 0.29) is 0 Å². The van der Waals surface area contributed by atoms with Gasteiger partial charge in [-0.25, -0.2) is 0 Å². The molecule has 0 aliphatic carbocycles. The maximum atomic E-state index is 5.51. The number of methoxy groups -OCH3 is 3. The number of rotatable bonds is 8. The van der Waals surface area contributed by atoms with Gasteiger partial charge >= 0.3 is 0 Å². The van der Waals surface area contributed by atoms with Gasteiger partial charge in [0.25, 0.3) is 0 Å². The van der Waals surface area contributed by atoms with Gasteiger partial charge in [-0.3, -0.25) is 9.88 Å². The van der Waals surface area contributed by atoms with Gasteiger partial charge in [-0.15, -0.1) is 11.3 Å². The van der Waals surface area contributed by atoms with Crippen LogP contribution in [0.5, 0.6) is 17.2 Å². The van der Waals surface area contributed by atoms with Gasteiger partial charge in [0.05, 0.1) is 37.2 Å². The molecule has 36 heavy (non-hydrogen) atoms. The van der Waals surface area contributed by atoms with Crippen LogP contribution in [0.25, 0.3) is 20.7 Å². The fourth-order valence-electron chi connectivity index (χ4n) is 4.53. The van der Waals surface area contributed by atoms with Crippen molar-refractivity contribution in [2.24, 2.45) is 0 Å². The number of anilines is 2. The van der Waals surface area contributed by atoms with Gasteiger partial charge < -0.3 is 24.4 Å². The van der Waals surface area contributed by atoms with Crippen LogP contribution in [0.4, 0.5) is 11.4 Å².